The standard InChI is InChI=1S/C15H20N2S/c1-3-11(2)18-10-15(16)13-6-4-5-12-7-8-17-9-14(12)13/h4-9,11,15H,3,10,16H2,1-2H3. The van der Waals surface area contributed by atoms with Gasteiger partial charge in [-0.05, 0) is 23.4 Å². The highest BCUT2D eigenvalue weighted by Gasteiger charge is 2.11. The van der Waals surface area contributed by atoms with Crippen molar-refractivity contribution < 1.29 is 0 Å². The number of fused-ring (bicyclic) bond motifs is 1. The molecule has 2 unspecified atom stereocenters. The van der Waals surface area contributed by atoms with Gasteiger partial charge in [0.1, 0.15) is 0 Å². The van der Waals surface area contributed by atoms with E-state index in [1.165, 1.54) is 22.8 Å². The molecule has 96 valence electrons. The van der Waals surface area contributed by atoms with Gasteiger partial charge in [-0.1, -0.05) is 32.0 Å². The Balaban J connectivity index is 2.19. The van der Waals surface area contributed by atoms with Crippen molar-refractivity contribution in [3.63, 3.8) is 0 Å². The van der Waals surface area contributed by atoms with Crippen molar-refractivity contribution >= 4 is 22.5 Å². The van der Waals surface area contributed by atoms with E-state index in [1.54, 1.807) is 0 Å². The Kier molecular flexibility index (Phi) is 4.61. The molecule has 3 heteroatoms. The van der Waals surface area contributed by atoms with Crippen LogP contribution in [-0.4, -0.2) is 16.0 Å². The van der Waals surface area contributed by atoms with Crippen molar-refractivity contribution in [3.05, 3.63) is 42.2 Å². The van der Waals surface area contributed by atoms with Crippen LogP contribution < -0.4 is 5.73 Å². The first-order valence-electron chi connectivity index (χ1n) is 6.42. The quantitative estimate of drug-likeness (QED) is 0.889. The Morgan fingerprint density at radius 3 is 2.94 bits per heavy atom. The number of hydrogen-bond donors (Lipinski definition) is 1. The maximum Gasteiger partial charge on any atom is 0.0393 e. The van der Waals surface area contributed by atoms with Gasteiger partial charge in [-0.15, -0.1) is 0 Å². The monoisotopic (exact) mass is 260 g/mol. The van der Waals surface area contributed by atoms with E-state index in [1.807, 2.05) is 30.2 Å². The number of thioether (sulfide) groups is 1. The summed E-state index contributed by atoms with van der Waals surface area (Å²) in [4.78, 5) is 4.20. The highest BCUT2D eigenvalue weighted by Crippen LogP contribution is 2.26. The highest BCUT2D eigenvalue weighted by molar-refractivity contribution is 7.99. The molecule has 0 aliphatic carbocycles. The van der Waals surface area contributed by atoms with E-state index in [0.29, 0.717) is 5.25 Å². The molecule has 0 saturated carbocycles. The minimum Gasteiger partial charge on any atom is -0.323 e. The van der Waals surface area contributed by atoms with E-state index >= 15 is 0 Å². The Labute approximate surface area is 113 Å². The van der Waals surface area contributed by atoms with Crippen LogP contribution in [0.2, 0.25) is 0 Å². The number of nitrogens with two attached hydrogens (primary N) is 1. The fourth-order valence-electron chi connectivity index (χ4n) is 1.94. The van der Waals surface area contributed by atoms with Crippen LogP contribution in [0.25, 0.3) is 10.8 Å². The SMILES string of the molecule is CCC(C)SCC(N)c1cccc2ccncc12. The van der Waals surface area contributed by atoms with E-state index in [0.717, 1.165) is 5.75 Å². The van der Waals surface area contributed by atoms with Gasteiger partial charge in [0.2, 0.25) is 0 Å². The molecule has 18 heavy (non-hydrogen) atoms. The lowest BCUT2D eigenvalue weighted by Gasteiger charge is -2.16. The van der Waals surface area contributed by atoms with Crippen molar-refractivity contribution in [2.75, 3.05) is 5.75 Å². The Hall–Kier alpha value is -1.06. The Bertz CT molecular complexity index is 507. The molecule has 2 atom stereocenters. The van der Waals surface area contributed by atoms with E-state index in [9.17, 15) is 0 Å². The van der Waals surface area contributed by atoms with Crippen LogP contribution in [0.3, 0.4) is 0 Å². The predicted molar refractivity (Wildman–Crippen MR) is 80.9 cm³/mol. The summed E-state index contributed by atoms with van der Waals surface area (Å²) >= 11 is 1.94. The summed E-state index contributed by atoms with van der Waals surface area (Å²) in [7, 11) is 0. The van der Waals surface area contributed by atoms with Gasteiger partial charge >= 0.3 is 0 Å². The molecule has 0 amide bonds. The lowest BCUT2D eigenvalue weighted by atomic mass is 10.0. The van der Waals surface area contributed by atoms with E-state index in [-0.39, 0.29) is 6.04 Å². The van der Waals surface area contributed by atoms with Crippen LogP contribution in [0, 0.1) is 0 Å². The lowest BCUT2D eigenvalue weighted by Crippen LogP contribution is -2.15. The summed E-state index contributed by atoms with van der Waals surface area (Å²) in [6, 6.07) is 8.41. The van der Waals surface area contributed by atoms with Gasteiger partial charge in [0.15, 0.2) is 0 Å². The van der Waals surface area contributed by atoms with Crippen molar-refractivity contribution in [2.45, 2.75) is 31.6 Å². The molecule has 1 aromatic heterocycles. The zero-order valence-corrected chi connectivity index (χ0v) is 11.8. The molecular weight excluding hydrogens is 240 g/mol. The molecule has 0 aliphatic rings. The topological polar surface area (TPSA) is 38.9 Å². The van der Waals surface area contributed by atoms with Crippen molar-refractivity contribution in [2.24, 2.45) is 5.73 Å². The Morgan fingerprint density at radius 2 is 2.17 bits per heavy atom. The summed E-state index contributed by atoms with van der Waals surface area (Å²) in [5.41, 5.74) is 7.52. The summed E-state index contributed by atoms with van der Waals surface area (Å²) in [6.45, 7) is 4.47. The van der Waals surface area contributed by atoms with Crippen molar-refractivity contribution in [1.82, 2.24) is 4.98 Å². The van der Waals surface area contributed by atoms with Crippen molar-refractivity contribution in [1.29, 1.82) is 0 Å². The second-order valence-corrected chi connectivity index (χ2v) is 6.07. The molecule has 2 aromatic rings. The fraction of sp³-hybridized carbons (Fsp3) is 0.400. The van der Waals surface area contributed by atoms with Gasteiger partial charge in [0.05, 0.1) is 0 Å². The van der Waals surface area contributed by atoms with E-state index < -0.39 is 0 Å². The molecule has 0 aliphatic heterocycles. The minimum absolute atomic E-state index is 0.0805. The maximum atomic E-state index is 6.32. The van der Waals surface area contributed by atoms with Crippen molar-refractivity contribution in [3.8, 4) is 0 Å². The third-order valence-electron chi connectivity index (χ3n) is 3.25. The largest absolute Gasteiger partial charge is 0.323 e. The fourth-order valence-corrected chi connectivity index (χ4v) is 2.89. The zero-order valence-electron chi connectivity index (χ0n) is 11.0. The van der Waals surface area contributed by atoms with Gasteiger partial charge in [-0.2, -0.15) is 11.8 Å². The molecule has 0 bridgehead atoms. The highest BCUT2D eigenvalue weighted by atomic mass is 32.2. The normalized spacial score (nSPS) is 14.6. The number of rotatable bonds is 5. The summed E-state index contributed by atoms with van der Waals surface area (Å²) in [5, 5.41) is 3.06. The molecule has 1 aromatic carbocycles. The molecule has 0 saturated heterocycles. The van der Waals surface area contributed by atoms with Gasteiger partial charge in [0.25, 0.3) is 0 Å². The average Bonchev–Trinajstić information content (AvgIpc) is 2.43. The van der Waals surface area contributed by atoms with Crippen LogP contribution in [0.15, 0.2) is 36.7 Å². The predicted octanol–water partition coefficient (Wildman–Crippen LogP) is 3.77. The minimum atomic E-state index is 0.0805. The van der Waals surface area contributed by atoms with Gasteiger partial charge in [0, 0.05) is 34.8 Å². The summed E-state index contributed by atoms with van der Waals surface area (Å²) < 4.78 is 0. The first-order valence-corrected chi connectivity index (χ1v) is 7.47. The first kappa shape index (κ1) is 13.4. The second-order valence-electron chi connectivity index (χ2n) is 4.60. The number of nitrogens with zero attached hydrogens (tertiary/aromatic N) is 1. The van der Waals surface area contributed by atoms with Gasteiger partial charge in [-0.25, -0.2) is 0 Å². The summed E-state index contributed by atoms with van der Waals surface area (Å²) in [6.07, 6.45) is 4.93. The van der Waals surface area contributed by atoms with E-state index in [2.05, 4.69) is 37.0 Å². The molecule has 1 heterocycles. The number of hydrogen-bond acceptors (Lipinski definition) is 3. The van der Waals surface area contributed by atoms with Crippen LogP contribution >= 0.6 is 11.8 Å². The molecule has 0 radical (unpaired) electrons. The number of benzene rings is 1. The third-order valence-corrected chi connectivity index (χ3v) is 4.71. The van der Waals surface area contributed by atoms with Crippen LogP contribution in [-0.2, 0) is 0 Å². The molecule has 2 rings (SSSR count). The first-order chi connectivity index (χ1) is 8.72. The van der Waals surface area contributed by atoms with Gasteiger partial charge < -0.3 is 5.73 Å². The second kappa shape index (κ2) is 6.21. The van der Waals surface area contributed by atoms with Crippen LogP contribution in [0.4, 0.5) is 0 Å². The molecule has 2 nitrogen and oxygen atoms in total. The molecular formula is C15H20N2S. The molecule has 0 fully saturated rings. The molecule has 2 N–H and O–H groups in total. The maximum absolute atomic E-state index is 6.32. The van der Waals surface area contributed by atoms with Gasteiger partial charge in [-0.3, -0.25) is 4.98 Å². The van der Waals surface area contributed by atoms with Crippen LogP contribution in [0.5, 0.6) is 0 Å². The molecule has 0 spiro atoms. The average molecular weight is 260 g/mol. The lowest BCUT2D eigenvalue weighted by molar-refractivity contribution is 0.828. The number of aromatic nitrogens is 1. The smallest absolute Gasteiger partial charge is 0.0393 e. The Morgan fingerprint density at radius 1 is 1.33 bits per heavy atom. The number of pyridine rings is 1. The third kappa shape index (κ3) is 3.03. The van der Waals surface area contributed by atoms with Crippen LogP contribution in [0.1, 0.15) is 31.9 Å². The van der Waals surface area contributed by atoms with E-state index in [4.69, 9.17) is 5.73 Å². The summed E-state index contributed by atoms with van der Waals surface area (Å²) in [5.74, 6) is 0.961. The zero-order chi connectivity index (χ0) is 13.0.